The highest BCUT2D eigenvalue weighted by Crippen LogP contribution is 2.62. The quantitative estimate of drug-likeness (QED) is 0.242. The van der Waals surface area contributed by atoms with Gasteiger partial charge >= 0.3 is 0 Å². The predicted molar refractivity (Wildman–Crippen MR) is 156 cm³/mol. The van der Waals surface area contributed by atoms with Gasteiger partial charge in [0, 0.05) is 20.0 Å². The lowest BCUT2D eigenvalue weighted by molar-refractivity contribution is -0.130. The number of aliphatic hydroxyl groups excluding tert-OH is 1. The maximum Gasteiger partial charge on any atom is 0.222 e. The van der Waals surface area contributed by atoms with Gasteiger partial charge in [-0.1, -0.05) is 71.3 Å². The Labute approximate surface area is 232 Å². The van der Waals surface area contributed by atoms with Crippen LogP contribution in [0.1, 0.15) is 134 Å². The number of phenolic OH excluding ortho intramolecular Hbond substituents is 1. The number of unbranched alkanes of at least 4 members (excludes halogenated alkanes) is 8. The van der Waals surface area contributed by atoms with E-state index in [1.54, 1.807) is 0 Å². The summed E-state index contributed by atoms with van der Waals surface area (Å²) in [5, 5.41) is 21.1. The molecular weight excluding hydrogens is 470 g/mol. The van der Waals surface area contributed by atoms with Crippen LogP contribution in [0.4, 0.5) is 0 Å². The molecule has 1 aromatic carbocycles. The number of nitrogens with zero attached hydrogens (tertiary/aromatic N) is 1. The van der Waals surface area contributed by atoms with Crippen LogP contribution in [0.3, 0.4) is 0 Å². The molecule has 0 radical (unpaired) electrons. The first-order chi connectivity index (χ1) is 18.3. The zero-order valence-corrected chi connectivity index (χ0v) is 24.6. The van der Waals surface area contributed by atoms with E-state index >= 15 is 0 Å². The van der Waals surface area contributed by atoms with Gasteiger partial charge in [0.1, 0.15) is 5.75 Å². The molecule has 2 N–H and O–H groups in total. The Bertz CT molecular complexity index is 900. The number of hydrogen-bond donors (Lipinski definition) is 2. The molecule has 2 fully saturated rings. The molecule has 0 heterocycles. The number of hydrogen-bond acceptors (Lipinski definition) is 3. The third kappa shape index (κ3) is 6.77. The smallest absolute Gasteiger partial charge is 0.222 e. The highest BCUT2D eigenvalue weighted by atomic mass is 16.3. The molecule has 4 heteroatoms. The Balaban J connectivity index is 1.19. The minimum absolute atomic E-state index is 0.101. The second-order valence-corrected chi connectivity index (χ2v) is 13.3. The zero-order chi connectivity index (χ0) is 27.1. The molecule has 1 aromatic rings. The average molecular weight is 526 g/mol. The molecule has 0 aromatic heterocycles. The van der Waals surface area contributed by atoms with Crippen molar-refractivity contribution in [3.05, 3.63) is 29.3 Å². The number of fused-ring (bicyclic) bond motifs is 5. The van der Waals surface area contributed by atoms with Gasteiger partial charge in [-0.15, -0.1) is 0 Å². The summed E-state index contributed by atoms with van der Waals surface area (Å²) in [6.45, 7) is 5.44. The van der Waals surface area contributed by atoms with Gasteiger partial charge in [-0.05, 0) is 104 Å². The van der Waals surface area contributed by atoms with Gasteiger partial charge in [0.05, 0.1) is 6.10 Å². The number of aliphatic hydroxyl groups is 1. The minimum atomic E-state index is -0.129. The molecule has 0 aliphatic heterocycles. The van der Waals surface area contributed by atoms with Gasteiger partial charge in [0.25, 0.3) is 0 Å². The van der Waals surface area contributed by atoms with Crippen molar-refractivity contribution in [2.45, 2.75) is 135 Å². The first kappa shape index (κ1) is 29.4. The summed E-state index contributed by atoms with van der Waals surface area (Å²) in [5.74, 6) is 3.33. The van der Waals surface area contributed by atoms with E-state index in [-0.39, 0.29) is 11.5 Å². The molecule has 0 spiro atoms. The standard InChI is InChI=1S/C34H55NO3/c1-4-5-22-35(3)32(38)15-13-11-9-7-6-8-10-12-14-25-23-26-24-27(36)16-17-28(26)29-20-21-34(2)30(33(25)29)18-19-31(34)37/h16-17,24-25,29-31,33,36-37H,4-15,18-23H2,1-3H3/t25-,29?,30?,31+,33?,34+/m1/s1. The predicted octanol–water partition coefficient (Wildman–Crippen LogP) is 7.99. The largest absolute Gasteiger partial charge is 0.508 e. The summed E-state index contributed by atoms with van der Waals surface area (Å²) in [6.07, 6.45) is 19.7. The highest BCUT2D eigenvalue weighted by molar-refractivity contribution is 5.75. The SMILES string of the molecule is CCCCN(C)C(=O)CCCCCCCCCC[C@@H]1Cc2cc(O)ccc2C2CC[C@@]3(C)C(CC[C@@H]3O)C21. The number of rotatable bonds is 14. The summed E-state index contributed by atoms with van der Waals surface area (Å²) in [4.78, 5) is 14.1. The second kappa shape index (κ2) is 13.7. The van der Waals surface area contributed by atoms with Crippen molar-refractivity contribution < 1.29 is 15.0 Å². The van der Waals surface area contributed by atoms with Gasteiger partial charge in [-0.2, -0.15) is 0 Å². The van der Waals surface area contributed by atoms with E-state index in [4.69, 9.17) is 0 Å². The molecule has 214 valence electrons. The van der Waals surface area contributed by atoms with Crippen LogP contribution in [0.25, 0.3) is 0 Å². The Hall–Kier alpha value is -1.55. The summed E-state index contributed by atoms with van der Waals surface area (Å²) in [7, 11) is 1.94. The summed E-state index contributed by atoms with van der Waals surface area (Å²) in [5.41, 5.74) is 2.97. The molecular formula is C34H55NO3. The second-order valence-electron chi connectivity index (χ2n) is 13.3. The fourth-order valence-electron chi connectivity index (χ4n) is 8.49. The van der Waals surface area contributed by atoms with Gasteiger partial charge in [0.2, 0.25) is 5.91 Å². The van der Waals surface area contributed by atoms with Crippen LogP contribution in [0.5, 0.6) is 5.75 Å². The minimum Gasteiger partial charge on any atom is -0.508 e. The van der Waals surface area contributed by atoms with Crippen molar-refractivity contribution in [2.24, 2.45) is 23.2 Å². The number of carbonyl (C=O) groups excluding carboxylic acids is 1. The van der Waals surface area contributed by atoms with Crippen LogP contribution < -0.4 is 0 Å². The lowest BCUT2D eigenvalue weighted by Gasteiger charge is -2.53. The molecule has 4 nitrogen and oxygen atoms in total. The molecule has 38 heavy (non-hydrogen) atoms. The maximum absolute atomic E-state index is 12.2. The maximum atomic E-state index is 12.2. The number of carbonyl (C=O) groups is 1. The van der Waals surface area contributed by atoms with Crippen molar-refractivity contribution in [1.29, 1.82) is 0 Å². The highest BCUT2D eigenvalue weighted by Gasteiger charge is 2.56. The van der Waals surface area contributed by atoms with Crippen molar-refractivity contribution in [1.82, 2.24) is 4.90 Å². The van der Waals surface area contributed by atoms with Crippen LogP contribution in [0.15, 0.2) is 18.2 Å². The van der Waals surface area contributed by atoms with Crippen LogP contribution in [-0.4, -0.2) is 40.7 Å². The van der Waals surface area contributed by atoms with E-state index in [0.717, 1.165) is 45.1 Å². The van der Waals surface area contributed by atoms with Crippen molar-refractivity contribution in [3.8, 4) is 5.75 Å². The molecule has 3 aliphatic rings. The van der Waals surface area contributed by atoms with Gasteiger partial charge in [-0.3, -0.25) is 4.79 Å². The molecule has 3 aliphatic carbocycles. The number of benzene rings is 1. The molecule has 2 saturated carbocycles. The van der Waals surface area contributed by atoms with E-state index < -0.39 is 0 Å². The molecule has 0 bridgehead atoms. The molecule has 4 rings (SSSR count). The average Bonchev–Trinajstić information content (AvgIpc) is 3.21. The first-order valence-electron chi connectivity index (χ1n) is 16.1. The van der Waals surface area contributed by atoms with E-state index in [1.165, 1.54) is 75.3 Å². The molecule has 0 saturated heterocycles. The normalized spacial score (nSPS) is 29.9. The lowest BCUT2D eigenvalue weighted by atomic mass is 9.52. The Kier molecular flexibility index (Phi) is 10.6. The summed E-state index contributed by atoms with van der Waals surface area (Å²) in [6, 6.07) is 6.12. The van der Waals surface area contributed by atoms with Crippen LogP contribution in [0, 0.1) is 23.2 Å². The third-order valence-electron chi connectivity index (χ3n) is 10.8. The van der Waals surface area contributed by atoms with Gasteiger partial charge < -0.3 is 15.1 Å². The Morgan fingerprint density at radius 1 is 1.00 bits per heavy atom. The van der Waals surface area contributed by atoms with E-state index in [0.29, 0.717) is 41.7 Å². The monoisotopic (exact) mass is 525 g/mol. The van der Waals surface area contributed by atoms with E-state index in [2.05, 4.69) is 19.9 Å². The zero-order valence-electron chi connectivity index (χ0n) is 24.6. The van der Waals surface area contributed by atoms with Gasteiger partial charge in [0.15, 0.2) is 0 Å². The molecule has 1 amide bonds. The van der Waals surface area contributed by atoms with Crippen LogP contribution in [-0.2, 0) is 11.2 Å². The number of amides is 1. The molecule has 6 atom stereocenters. The summed E-state index contributed by atoms with van der Waals surface area (Å²) >= 11 is 0. The number of aromatic hydroxyl groups is 1. The summed E-state index contributed by atoms with van der Waals surface area (Å²) < 4.78 is 0. The fourth-order valence-corrected chi connectivity index (χ4v) is 8.49. The Morgan fingerprint density at radius 2 is 1.71 bits per heavy atom. The number of phenols is 1. The van der Waals surface area contributed by atoms with E-state index in [1.807, 2.05) is 24.1 Å². The van der Waals surface area contributed by atoms with Gasteiger partial charge in [-0.25, -0.2) is 0 Å². The third-order valence-corrected chi connectivity index (χ3v) is 10.8. The van der Waals surface area contributed by atoms with Crippen molar-refractivity contribution in [2.75, 3.05) is 13.6 Å². The lowest BCUT2D eigenvalue weighted by Crippen LogP contribution is -2.47. The van der Waals surface area contributed by atoms with Crippen molar-refractivity contribution in [3.63, 3.8) is 0 Å². The van der Waals surface area contributed by atoms with Crippen LogP contribution in [0.2, 0.25) is 0 Å². The van der Waals surface area contributed by atoms with E-state index in [9.17, 15) is 15.0 Å². The Morgan fingerprint density at radius 3 is 2.45 bits per heavy atom. The van der Waals surface area contributed by atoms with Crippen LogP contribution >= 0.6 is 0 Å². The van der Waals surface area contributed by atoms with Crippen molar-refractivity contribution >= 4 is 5.91 Å². The topological polar surface area (TPSA) is 60.8 Å². The first-order valence-corrected chi connectivity index (χ1v) is 16.1. The molecule has 3 unspecified atom stereocenters. The fraction of sp³-hybridized carbons (Fsp3) is 0.794.